The van der Waals surface area contributed by atoms with E-state index in [1.165, 1.54) is 0 Å². The van der Waals surface area contributed by atoms with Crippen LogP contribution >= 0.6 is 0 Å². The molecule has 1 aliphatic heterocycles. The number of benzene rings is 1. The highest BCUT2D eigenvalue weighted by atomic mass is 16.3. The third-order valence-electron chi connectivity index (χ3n) is 3.62. The number of carbonyl (C=O) groups is 1. The van der Waals surface area contributed by atoms with Crippen LogP contribution in [0.5, 0.6) is 0 Å². The predicted molar refractivity (Wildman–Crippen MR) is 76.5 cm³/mol. The van der Waals surface area contributed by atoms with Crippen LogP contribution in [0.2, 0.25) is 0 Å². The Hall–Kier alpha value is -2.20. The molecule has 1 atom stereocenters. The van der Waals surface area contributed by atoms with Crippen LogP contribution in [-0.2, 0) is 0 Å². The number of carbonyl (C=O) groups excluding carboxylic acids is 1. The Labute approximate surface area is 117 Å². The van der Waals surface area contributed by atoms with Gasteiger partial charge in [-0.1, -0.05) is 18.2 Å². The van der Waals surface area contributed by atoms with Crippen LogP contribution in [0.15, 0.2) is 48.8 Å². The van der Waals surface area contributed by atoms with Crippen molar-refractivity contribution in [2.75, 3.05) is 11.4 Å². The maximum Gasteiger partial charge on any atom is 0.258 e. The zero-order valence-electron chi connectivity index (χ0n) is 11.1. The molecule has 0 bridgehead atoms. The van der Waals surface area contributed by atoms with E-state index in [0.717, 1.165) is 17.7 Å². The quantitative estimate of drug-likeness (QED) is 0.864. The second-order valence-electron chi connectivity index (χ2n) is 4.91. The van der Waals surface area contributed by atoms with Gasteiger partial charge in [-0.15, -0.1) is 0 Å². The van der Waals surface area contributed by atoms with Gasteiger partial charge in [0, 0.05) is 35.8 Å². The third-order valence-corrected chi connectivity index (χ3v) is 3.62. The van der Waals surface area contributed by atoms with Crippen molar-refractivity contribution < 1.29 is 9.90 Å². The third kappa shape index (κ3) is 2.30. The molecule has 4 heteroatoms. The summed E-state index contributed by atoms with van der Waals surface area (Å²) in [7, 11) is 0. The Kier molecular flexibility index (Phi) is 3.48. The first-order valence-electron chi connectivity index (χ1n) is 6.76. The van der Waals surface area contributed by atoms with Gasteiger partial charge in [-0.05, 0) is 31.0 Å². The molecule has 2 aromatic rings. The van der Waals surface area contributed by atoms with E-state index >= 15 is 0 Å². The lowest BCUT2D eigenvalue weighted by Crippen LogP contribution is -2.31. The molecule has 20 heavy (non-hydrogen) atoms. The van der Waals surface area contributed by atoms with Crippen molar-refractivity contribution in [2.24, 2.45) is 0 Å². The van der Waals surface area contributed by atoms with Gasteiger partial charge < -0.3 is 10.0 Å². The number of amides is 1. The highest BCUT2D eigenvalue weighted by molar-refractivity contribution is 6.06. The van der Waals surface area contributed by atoms with Crippen LogP contribution in [0.3, 0.4) is 0 Å². The van der Waals surface area contributed by atoms with Crippen molar-refractivity contribution >= 4 is 11.6 Å². The summed E-state index contributed by atoms with van der Waals surface area (Å²) in [5, 5.41) is 10.2. The van der Waals surface area contributed by atoms with Gasteiger partial charge in [0.15, 0.2) is 0 Å². The fourth-order valence-electron chi connectivity index (χ4n) is 2.60. The van der Waals surface area contributed by atoms with Crippen molar-refractivity contribution in [1.82, 2.24) is 4.98 Å². The summed E-state index contributed by atoms with van der Waals surface area (Å²) in [6.45, 7) is 0.620. The average molecular weight is 268 g/mol. The maximum absolute atomic E-state index is 12.6. The van der Waals surface area contributed by atoms with Gasteiger partial charge in [-0.3, -0.25) is 9.78 Å². The number of hydrogen-bond donors (Lipinski definition) is 1. The summed E-state index contributed by atoms with van der Waals surface area (Å²) in [6.07, 6.45) is 4.20. The second kappa shape index (κ2) is 5.43. The van der Waals surface area contributed by atoms with Crippen LogP contribution in [-0.4, -0.2) is 22.5 Å². The summed E-state index contributed by atoms with van der Waals surface area (Å²) < 4.78 is 0. The molecule has 0 spiro atoms. The van der Waals surface area contributed by atoms with Crippen LogP contribution < -0.4 is 4.90 Å². The Bertz CT molecular complexity index is 613. The van der Waals surface area contributed by atoms with Crippen molar-refractivity contribution in [2.45, 2.75) is 18.9 Å². The molecule has 0 saturated carbocycles. The van der Waals surface area contributed by atoms with E-state index in [9.17, 15) is 9.90 Å². The van der Waals surface area contributed by atoms with Gasteiger partial charge in [-0.2, -0.15) is 0 Å². The zero-order valence-corrected chi connectivity index (χ0v) is 11.1. The second-order valence-corrected chi connectivity index (χ2v) is 4.91. The van der Waals surface area contributed by atoms with E-state index < -0.39 is 6.10 Å². The molecule has 1 aromatic heterocycles. The number of pyridine rings is 1. The molecule has 0 saturated heterocycles. The van der Waals surface area contributed by atoms with Gasteiger partial charge in [0.2, 0.25) is 0 Å². The Morgan fingerprint density at radius 2 is 1.95 bits per heavy atom. The van der Waals surface area contributed by atoms with Gasteiger partial charge in [0.25, 0.3) is 5.91 Å². The first-order valence-corrected chi connectivity index (χ1v) is 6.76. The first-order chi connectivity index (χ1) is 9.77. The Morgan fingerprint density at radius 1 is 1.20 bits per heavy atom. The summed E-state index contributed by atoms with van der Waals surface area (Å²) >= 11 is 0. The van der Waals surface area contributed by atoms with Crippen molar-refractivity contribution in [3.8, 4) is 0 Å². The Balaban J connectivity index is 2.01. The minimum Gasteiger partial charge on any atom is -0.388 e. The standard InChI is InChI=1S/C16H16N2O2/c19-15-6-3-11-18(14-5-2-1-4-13(14)15)16(20)12-7-9-17-10-8-12/h1-2,4-5,7-10,15,19H,3,6,11H2. The summed E-state index contributed by atoms with van der Waals surface area (Å²) in [5.74, 6) is -0.0473. The molecule has 3 rings (SSSR count). The Morgan fingerprint density at radius 3 is 2.75 bits per heavy atom. The number of fused-ring (bicyclic) bond motifs is 1. The van der Waals surface area contributed by atoms with Gasteiger partial charge >= 0.3 is 0 Å². The molecule has 1 unspecified atom stereocenters. The lowest BCUT2D eigenvalue weighted by molar-refractivity contribution is 0.0986. The predicted octanol–water partition coefficient (Wildman–Crippen LogP) is 2.56. The topological polar surface area (TPSA) is 53.4 Å². The molecule has 0 fully saturated rings. The maximum atomic E-state index is 12.6. The molecule has 1 aliphatic rings. The van der Waals surface area contributed by atoms with Gasteiger partial charge in [0.1, 0.15) is 0 Å². The lowest BCUT2D eigenvalue weighted by Gasteiger charge is -2.23. The van der Waals surface area contributed by atoms with Crippen LogP contribution in [0.4, 0.5) is 5.69 Å². The summed E-state index contributed by atoms with van der Waals surface area (Å²) in [6, 6.07) is 11.0. The van der Waals surface area contributed by atoms with E-state index in [1.807, 2.05) is 24.3 Å². The number of nitrogens with zero attached hydrogens (tertiary/aromatic N) is 2. The highest BCUT2D eigenvalue weighted by Crippen LogP contribution is 2.33. The highest BCUT2D eigenvalue weighted by Gasteiger charge is 2.25. The number of aromatic nitrogens is 1. The molecule has 0 radical (unpaired) electrons. The molecule has 4 nitrogen and oxygen atoms in total. The van der Waals surface area contributed by atoms with E-state index in [0.29, 0.717) is 18.5 Å². The van der Waals surface area contributed by atoms with E-state index in [1.54, 1.807) is 29.4 Å². The van der Waals surface area contributed by atoms with E-state index in [4.69, 9.17) is 0 Å². The normalized spacial score (nSPS) is 18.2. The molecule has 2 heterocycles. The summed E-state index contributed by atoms with van der Waals surface area (Å²) in [5.41, 5.74) is 2.25. The van der Waals surface area contributed by atoms with Crippen LogP contribution in [0.1, 0.15) is 34.9 Å². The number of para-hydroxylation sites is 1. The van der Waals surface area contributed by atoms with Crippen LogP contribution in [0, 0.1) is 0 Å². The molecule has 102 valence electrons. The SMILES string of the molecule is O=C(c1ccncc1)N1CCCC(O)c2ccccc21. The van der Waals surface area contributed by atoms with Crippen molar-refractivity contribution in [3.63, 3.8) is 0 Å². The van der Waals surface area contributed by atoms with Gasteiger partial charge in [0.05, 0.1) is 6.10 Å². The van der Waals surface area contributed by atoms with Crippen molar-refractivity contribution in [3.05, 3.63) is 59.9 Å². The monoisotopic (exact) mass is 268 g/mol. The minimum atomic E-state index is -0.499. The van der Waals surface area contributed by atoms with Gasteiger partial charge in [-0.25, -0.2) is 0 Å². The minimum absolute atomic E-state index is 0.0473. The molecular weight excluding hydrogens is 252 g/mol. The number of rotatable bonds is 1. The summed E-state index contributed by atoms with van der Waals surface area (Å²) in [4.78, 5) is 18.3. The van der Waals surface area contributed by atoms with Crippen LogP contribution in [0.25, 0.3) is 0 Å². The molecular formula is C16H16N2O2. The largest absolute Gasteiger partial charge is 0.388 e. The number of anilines is 1. The first kappa shape index (κ1) is 12.8. The number of aliphatic hydroxyl groups excluding tert-OH is 1. The fraction of sp³-hybridized carbons (Fsp3) is 0.250. The molecule has 0 aliphatic carbocycles. The van der Waals surface area contributed by atoms with Crippen molar-refractivity contribution in [1.29, 1.82) is 0 Å². The number of hydrogen-bond acceptors (Lipinski definition) is 3. The fourth-order valence-corrected chi connectivity index (χ4v) is 2.60. The lowest BCUT2D eigenvalue weighted by atomic mass is 10.0. The molecule has 1 amide bonds. The molecule has 1 N–H and O–H groups in total. The molecule has 1 aromatic carbocycles. The zero-order chi connectivity index (χ0) is 13.9. The average Bonchev–Trinajstić information content (AvgIpc) is 2.67. The number of aliphatic hydroxyl groups is 1. The van der Waals surface area contributed by atoms with E-state index in [-0.39, 0.29) is 5.91 Å². The smallest absolute Gasteiger partial charge is 0.258 e. The van der Waals surface area contributed by atoms with E-state index in [2.05, 4.69) is 4.98 Å².